The Labute approximate surface area is 322 Å². The maximum absolute atomic E-state index is 6.75. The van der Waals surface area contributed by atoms with E-state index in [1.54, 1.807) is 0 Å². The van der Waals surface area contributed by atoms with Gasteiger partial charge in [-0.2, -0.15) is 0 Å². The molecule has 5 heteroatoms. The normalized spacial score (nSPS) is 11.6. The van der Waals surface area contributed by atoms with Gasteiger partial charge >= 0.3 is 0 Å². The van der Waals surface area contributed by atoms with Crippen LogP contribution in [0.1, 0.15) is 0 Å². The Morgan fingerprint density at radius 2 is 0.875 bits per heavy atom. The lowest BCUT2D eigenvalue weighted by Gasteiger charge is -2.15. The highest BCUT2D eigenvalue weighted by Crippen LogP contribution is 2.45. The molecular weight excluding hydrogens is 685 g/mol. The summed E-state index contributed by atoms with van der Waals surface area (Å²) in [5.41, 5.74) is 12.1. The molecule has 8 aromatic carbocycles. The zero-order chi connectivity index (χ0) is 37.0. The SMILES string of the molecule is c1ccc(-c2ccc(-c3nc(-c4ccccc4)nc(-c4ccccc4-n4c5cccc(-c6ccccc6)c5c5c6oc7ccccc7c6ccc54)n3)cc2)cc1. The first-order valence-electron chi connectivity index (χ1n) is 18.8. The molecule has 0 aliphatic rings. The molecule has 5 nitrogen and oxygen atoms in total. The van der Waals surface area contributed by atoms with Crippen molar-refractivity contribution in [2.45, 2.75) is 0 Å². The fourth-order valence-electron chi connectivity index (χ4n) is 8.09. The van der Waals surface area contributed by atoms with Crippen molar-refractivity contribution in [3.05, 3.63) is 194 Å². The highest BCUT2D eigenvalue weighted by molar-refractivity contribution is 6.27. The average molecular weight is 717 g/mol. The zero-order valence-electron chi connectivity index (χ0n) is 30.2. The van der Waals surface area contributed by atoms with Crippen LogP contribution in [0, 0.1) is 0 Å². The van der Waals surface area contributed by atoms with Gasteiger partial charge in [0.1, 0.15) is 11.2 Å². The molecule has 0 saturated carbocycles. The molecule has 11 aromatic rings. The van der Waals surface area contributed by atoms with Crippen LogP contribution in [0.4, 0.5) is 0 Å². The first-order chi connectivity index (χ1) is 27.8. The van der Waals surface area contributed by atoms with Gasteiger partial charge in [0.05, 0.1) is 22.1 Å². The summed E-state index contributed by atoms with van der Waals surface area (Å²) in [6.07, 6.45) is 0. The van der Waals surface area contributed by atoms with Crippen LogP contribution < -0.4 is 0 Å². The molecule has 0 spiro atoms. The lowest BCUT2D eigenvalue weighted by molar-refractivity contribution is 0.673. The van der Waals surface area contributed by atoms with Crippen LogP contribution in [0.2, 0.25) is 0 Å². The van der Waals surface area contributed by atoms with E-state index < -0.39 is 0 Å². The van der Waals surface area contributed by atoms with Crippen molar-refractivity contribution in [3.8, 4) is 62.1 Å². The maximum atomic E-state index is 6.75. The van der Waals surface area contributed by atoms with Gasteiger partial charge in [-0.05, 0) is 58.7 Å². The lowest BCUT2D eigenvalue weighted by atomic mass is 9.98. The number of rotatable bonds is 6. The average Bonchev–Trinajstić information content (AvgIpc) is 3.83. The molecule has 3 heterocycles. The van der Waals surface area contributed by atoms with Gasteiger partial charge in [0.2, 0.25) is 0 Å². The minimum Gasteiger partial charge on any atom is -0.455 e. The highest BCUT2D eigenvalue weighted by Gasteiger charge is 2.24. The van der Waals surface area contributed by atoms with Crippen molar-refractivity contribution in [1.82, 2.24) is 19.5 Å². The molecule has 0 fully saturated rings. The summed E-state index contributed by atoms with van der Waals surface area (Å²) in [7, 11) is 0. The molecule has 262 valence electrons. The maximum Gasteiger partial charge on any atom is 0.166 e. The second-order valence-corrected chi connectivity index (χ2v) is 14.0. The number of aromatic nitrogens is 4. The van der Waals surface area contributed by atoms with Gasteiger partial charge in [0, 0.05) is 32.8 Å². The molecule has 0 amide bonds. The van der Waals surface area contributed by atoms with Gasteiger partial charge in [-0.3, -0.25) is 0 Å². The standard InChI is InChI=1S/C51H32N4O/c1-4-15-33(16-5-1)34-27-29-37(30-28-34)50-52-49(36-19-8-3-9-20-36)53-51(54-50)41-22-10-12-24-42(41)55-43-25-14-23-38(35-17-6-2-7-18-35)46(43)47-44(55)32-31-40-39-21-11-13-26-45(39)56-48(40)47/h1-32H. The number of furan rings is 1. The van der Waals surface area contributed by atoms with E-state index in [0.29, 0.717) is 17.5 Å². The van der Waals surface area contributed by atoms with Crippen molar-refractivity contribution in [2.75, 3.05) is 0 Å². The van der Waals surface area contributed by atoms with E-state index in [9.17, 15) is 0 Å². The molecule has 0 bridgehead atoms. The molecule has 0 radical (unpaired) electrons. The van der Waals surface area contributed by atoms with Crippen molar-refractivity contribution >= 4 is 43.7 Å². The van der Waals surface area contributed by atoms with E-state index in [4.69, 9.17) is 19.4 Å². The van der Waals surface area contributed by atoms with Crippen LogP contribution in [0.3, 0.4) is 0 Å². The van der Waals surface area contributed by atoms with Crippen LogP contribution in [0.25, 0.3) is 106 Å². The number of hydrogen-bond acceptors (Lipinski definition) is 4. The number of para-hydroxylation sites is 2. The van der Waals surface area contributed by atoms with Crippen molar-refractivity contribution in [1.29, 1.82) is 0 Å². The van der Waals surface area contributed by atoms with Crippen LogP contribution >= 0.6 is 0 Å². The second kappa shape index (κ2) is 13.0. The van der Waals surface area contributed by atoms with Gasteiger partial charge in [-0.1, -0.05) is 158 Å². The Bertz CT molecular complexity index is 3220. The highest BCUT2D eigenvalue weighted by atomic mass is 16.3. The summed E-state index contributed by atoms with van der Waals surface area (Å²) in [4.78, 5) is 15.5. The minimum atomic E-state index is 0.593. The summed E-state index contributed by atoms with van der Waals surface area (Å²) in [5, 5.41) is 4.40. The fourth-order valence-corrected chi connectivity index (χ4v) is 8.09. The van der Waals surface area contributed by atoms with Crippen molar-refractivity contribution < 1.29 is 4.42 Å². The van der Waals surface area contributed by atoms with Crippen LogP contribution in [0.15, 0.2) is 199 Å². The first kappa shape index (κ1) is 31.9. The number of nitrogens with zero attached hydrogens (tertiary/aromatic N) is 4. The molecule has 0 aliphatic heterocycles. The number of benzene rings is 8. The Kier molecular flexibility index (Phi) is 7.42. The lowest BCUT2D eigenvalue weighted by Crippen LogP contribution is -2.03. The Morgan fingerprint density at radius 1 is 0.339 bits per heavy atom. The molecule has 56 heavy (non-hydrogen) atoms. The van der Waals surface area contributed by atoms with E-state index in [1.807, 2.05) is 48.5 Å². The molecule has 0 N–H and O–H groups in total. The van der Waals surface area contributed by atoms with E-state index in [1.165, 1.54) is 0 Å². The van der Waals surface area contributed by atoms with Crippen LogP contribution in [-0.2, 0) is 0 Å². The minimum absolute atomic E-state index is 0.593. The van der Waals surface area contributed by atoms with Gasteiger partial charge < -0.3 is 8.98 Å². The molecule has 0 atom stereocenters. The third-order valence-electron chi connectivity index (χ3n) is 10.7. The fraction of sp³-hybridized carbons (Fsp3) is 0. The predicted octanol–water partition coefficient (Wildman–Crippen LogP) is 13.2. The van der Waals surface area contributed by atoms with Gasteiger partial charge in [0.25, 0.3) is 0 Å². The summed E-state index contributed by atoms with van der Waals surface area (Å²) in [5.74, 6) is 1.82. The number of hydrogen-bond donors (Lipinski definition) is 0. The van der Waals surface area contributed by atoms with E-state index >= 15 is 0 Å². The molecule has 0 aliphatic carbocycles. The third kappa shape index (κ3) is 5.21. The van der Waals surface area contributed by atoms with Crippen LogP contribution in [0.5, 0.6) is 0 Å². The summed E-state index contributed by atoms with van der Waals surface area (Å²) in [6.45, 7) is 0. The Hall–Kier alpha value is -7.63. The van der Waals surface area contributed by atoms with Gasteiger partial charge in [-0.15, -0.1) is 0 Å². The molecule has 0 unspecified atom stereocenters. The Morgan fingerprint density at radius 3 is 1.62 bits per heavy atom. The van der Waals surface area contributed by atoms with E-state index in [0.717, 1.165) is 88.4 Å². The third-order valence-corrected chi connectivity index (χ3v) is 10.7. The molecular formula is C51H32N4O. The predicted molar refractivity (Wildman–Crippen MR) is 229 cm³/mol. The second-order valence-electron chi connectivity index (χ2n) is 14.0. The first-order valence-corrected chi connectivity index (χ1v) is 18.8. The van der Waals surface area contributed by atoms with Gasteiger partial charge in [0.15, 0.2) is 17.5 Å². The monoisotopic (exact) mass is 716 g/mol. The summed E-state index contributed by atoms with van der Waals surface area (Å²) < 4.78 is 9.10. The molecule has 0 saturated heterocycles. The van der Waals surface area contributed by atoms with Gasteiger partial charge in [-0.25, -0.2) is 15.0 Å². The topological polar surface area (TPSA) is 56.7 Å². The molecule has 11 rings (SSSR count). The summed E-state index contributed by atoms with van der Waals surface area (Å²) >= 11 is 0. The zero-order valence-corrected chi connectivity index (χ0v) is 30.2. The van der Waals surface area contributed by atoms with E-state index in [-0.39, 0.29) is 0 Å². The molecule has 3 aromatic heterocycles. The number of fused-ring (bicyclic) bond motifs is 7. The van der Waals surface area contributed by atoms with Crippen LogP contribution in [-0.4, -0.2) is 19.5 Å². The smallest absolute Gasteiger partial charge is 0.166 e. The quantitative estimate of drug-likeness (QED) is 0.172. The van der Waals surface area contributed by atoms with Crippen molar-refractivity contribution in [2.24, 2.45) is 0 Å². The Balaban J connectivity index is 1.17. The van der Waals surface area contributed by atoms with Crippen molar-refractivity contribution in [3.63, 3.8) is 0 Å². The summed E-state index contributed by atoms with van der Waals surface area (Å²) in [6, 6.07) is 67.3. The van der Waals surface area contributed by atoms with E-state index in [2.05, 4.69) is 150 Å². The largest absolute Gasteiger partial charge is 0.455 e.